The fraction of sp³-hybridized carbons (Fsp3) is 0.500. The number of allylic oxidation sites excluding steroid dienone is 1. The third kappa shape index (κ3) is 1.48. The average molecular weight is 143 g/mol. The summed E-state index contributed by atoms with van der Waals surface area (Å²) in [5.74, 6) is 1.11. The highest BCUT2D eigenvalue weighted by Crippen LogP contribution is 2.24. The third-order valence-corrected chi connectivity index (χ3v) is 2.39. The highest BCUT2D eigenvalue weighted by atomic mass is 32.2. The van der Waals surface area contributed by atoms with Crippen LogP contribution in [0.15, 0.2) is 11.1 Å². The van der Waals surface area contributed by atoms with Crippen LogP contribution in [0.2, 0.25) is 0 Å². The van der Waals surface area contributed by atoms with E-state index in [-0.39, 0.29) is 0 Å². The Balaban J connectivity index is 2.58. The van der Waals surface area contributed by atoms with Gasteiger partial charge in [0.2, 0.25) is 0 Å². The maximum atomic E-state index is 9.99. The van der Waals surface area contributed by atoms with Crippen molar-refractivity contribution < 1.29 is 4.79 Å². The molecule has 0 atom stereocenters. The van der Waals surface area contributed by atoms with Gasteiger partial charge in [0.15, 0.2) is 0 Å². The van der Waals surface area contributed by atoms with E-state index in [4.69, 9.17) is 0 Å². The molecule has 1 fully saturated rings. The van der Waals surface area contributed by atoms with Crippen molar-refractivity contribution in [2.24, 2.45) is 0 Å². The van der Waals surface area contributed by atoms with Gasteiger partial charge in [0, 0.05) is 25.4 Å². The first kappa shape index (κ1) is 6.68. The topological polar surface area (TPSA) is 20.3 Å². The highest BCUT2D eigenvalue weighted by molar-refractivity contribution is 8.03. The molecule has 0 spiro atoms. The van der Waals surface area contributed by atoms with Gasteiger partial charge in [0.25, 0.3) is 0 Å². The molecule has 0 bridgehead atoms. The third-order valence-electron chi connectivity index (χ3n) is 1.26. The molecule has 0 aromatic rings. The van der Waals surface area contributed by atoms with Gasteiger partial charge >= 0.3 is 0 Å². The van der Waals surface area contributed by atoms with Gasteiger partial charge in [-0.3, -0.25) is 4.79 Å². The van der Waals surface area contributed by atoms with Gasteiger partial charge in [-0.05, 0) is 0 Å². The molecule has 2 nitrogen and oxygen atoms in total. The molecule has 0 aromatic heterocycles. The second-order valence-electron chi connectivity index (χ2n) is 1.91. The fourth-order valence-electron chi connectivity index (χ4n) is 0.741. The predicted molar refractivity (Wildman–Crippen MR) is 39.2 cm³/mol. The summed E-state index contributed by atoms with van der Waals surface area (Å²) in [6.07, 6.45) is 2.45. The zero-order chi connectivity index (χ0) is 6.69. The minimum atomic E-state index is 0.837. The molecule has 1 rings (SSSR count). The first-order chi connectivity index (χ1) is 4.34. The summed E-state index contributed by atoms with van der Waals surface area (Å²) in [7, 11) is 2.00. The summed E-state index contributed by atoms with van der Waals surface area (Å²) in [6, 6.07) is 0. The second-order valence-corrected chi connectivity index (χ2v) is 3.03. The lowest BCUT2D eigenvalue weighted by molar-refractivity contribution is -0.104. The van der Waals surface area contributed by atoms with E-state index < -0.39 is 0 Å². The SMILES string of the molecule is CN1CCSC1=CC=O. The summed E-state index contributed by atoms with van der Waals surface area (Å²) in [5.41, 5.74) is 0. The van der Waals surface area contributed by atoms with Crippen LogP contribution in [0, 0.1) is 0 Å². The lowest BCUT2D eigenvalue weighted by Crippen LogP contribution is -2.10. The molecule has 3 heteroatoms. The number of hydrogen-bond donors (Lipinski definition) is 0. The molecule has 50 valence electrons. The van der Waals surface area contributed by atoms with Crippen LogP contribution in [0.5, 0.6) is 0 Å². The lowest BCUT2D eigenvalue weighted by Gasteiger charge is -2.08. The smallest absolute Gasteiger partial charge is 0.145 e. The molecule has 0 radical (unpaired) electrons. The number of thioether (sulfide) groups is 1. The van der Waals surface area contributed by atoms with E-state index in [2.05, 4.69) is 4.90 Å². The summed E-state index contributed by atoms with van der Waals surface area (Å²) in [4.78, 5) is 12.1. The number of aldehydes is 1. The first-order valence-electron chi connectivity index (χ1n) is 2.84. The van der Waals surface area contributed by atoms with Crippen molar-refractivity contribution >= 4 is 18.0 Å². The number of carbonyl (C=O) groups excluding carboxylic acids is 1. The summed E-state index contributed by atoms with van der Waals surface area (Å²) in [6.45, 7) is 1.06. The van der Waals surface area contributed by atoms with Crippen LogP contribution in [0.3, 0.4) is 0 Å². The van der Waals surface area contributed by atoms with E-state index in [1.807, 2.05) is 7.05 Å². The van der Waals surface area contributed by atoms with Gasteiger partial charge < -0.3 is 4.90 Å². The molecule has 1 saturated heterocycles. The van der Waals surface area contributed by atoms with Crippen molar-refractivity contribution in [3.8, 4) is 0 Å². The fourth-order valence-corrected chi connectivity index (χ4v) is 1.78. The van der Waals surface area contributed by atoms with Gasteiger partial charge in [-0.2, -0.15) is 0 Å². The van der Waals surface area contributed by atoms with Crippen molar-refractivity contribution in [2.45, 2.75) is 0 Å². The number of hydrogen-bond acceptors (Lipinski definition) is 3. The molecule has 1 heterocycles. The van der Waals surface area contributed by atoms with E-state index in [1.54, 1.807) is 17.8 Å². The van der Waals surface area contributed by atoms with Gasteiger partial charge in [-0.1, -0.05) is 0 Å². The monoisotopic (exact) mass is 143 g/mol. The first-order valence-corrected chi connectivity index (χ1v) is 3.82. The van der Waals surface area contributed by atoms with Crippen LogP contribution in [-0.4, -0.2) is 30.5 Å². The standard InChI is InChI=1S/C6H9NOS/c1-7-3-5-9-6(7)2-4-8/h2,4H,3,5H2,1H3. The summed E-state index contributed by atoms with van der Waals surface area (Å²) >= 11 is 1.73. The Bertz CT molecular complexity index is 144. The van der Waals surface area contributed by atoms with Gasteiger partial charge in [-0.15, -0.1) is 11.8 Å². The molecular formula is C6H9NOS. The molecule has 0 unspecified atom stereocenters. The maximum absolute atomic E-state index is 9.99. The molecule has 0 saturated carbocycles. The van der Waals surface area contributed by atoms with Crippen molar-refractivity contribution in [2.75, 3.05) is 19.3 Å². The molecule has 0 aromatic carbocycles. The van der Waals surface area contributed by atoms with Crippen LogP contribution in [0.25, 0.3) is 0 Å². The van der Waals surface area contributed by atoms with E-state index in [0.29, 0.717) is 0 Å². The van der Waals surface area contributed by atoms with Crippen molar-refractivity contribution in [1.29, 1.82) is 0 Å². The zero-order valence-corrected chi connectivity index (χ0v) is 6.15. The minimum Gasteiger partial charge on any atom is -0.369 e. The molecule has 1 aliphatic rings. The van der Waals surface area contributed by atoms with Crippen LogP contribution < -0.4 is 0 Å². The predicted octanol–water partition coefficient (Wildman–Crippen LogP) is 0.705. The largest absolute Gasteiger partial charge is 0.369 e. The highest BCUT2D eigenvalue weighted by Gasteiger charge is 2.11. The molecule has 1 aliphatic heterocycles. The Kier molecular flexibility index (Phi) is 2.16. The zero-order valence-electron chi connectivity index (χ0n) is 5.33. The normalized spacial score (nSPS) is 23.2. The van der Waals surface area contributed by atoms with E-state index >= 15 is 0 Å². The van der Waals surface area contributed by atoms with Crippen LogP contribution in [0.1, 0.15) is 0 Å². The average Bonchev–Trinajstić information content (AvgIpc) is 2.18. The van der Waals surface area contributed by atoms with Gasteiger partial charge in [0.1, 0.15) is 6.29 Å². The molecule has 0 N–H and O–H groups in total. The Morgan fingerprint density at radius 1 is 1.78 bits per heavy atom. The van der Waals surface area contributed by atoms with E-state index in [1.165, 1.54) is 0 Å². The van der Waals surface area contributed by atoms with Crippen molar-refractivity contribution in [3.63, 3.8) is 0 Å². The van der Waals surface area contributed by atoms with Crippen molar-refractivity contribution in [1.82, 2.24) is 4.90 Å². The summed E-state index contributed by atoms with van der Waals surface area (Å²) < 4.78 is 0. The van der Waals surface area contributed by atoms with E-state index in [9.17, 15) is 4.79 Å². The van der Waals surface area contributed by atoms with Gasteiger partial charge in [0.05, 0.1) is 5.03 Å². The minimum absolute atomic E-state index is 0.837. The van der Waals surface area contributed by atoms with Gasteiger partial charge in [-0.25, -0.2) is 0 Å². The Labute approximate surface area is 58.9 Å². The molecule has 0 aliphatic carbocycles. The lowest BCUT2D eigenvalue weighted by atomic mass is 10.6. The summed E-state index contributed by atoms with van der Waals surface area (Å²) in [5, 5.41) is 1.09. The Morgan fingerprint density at radius 3 is 3.00 bits per heavy atom. The quantitative estimate of drug-likeness (QED) is 0.398. The second kappa shape index (κ2) is 2.92. The number of nitrogens with zero attached hydrogens (tertiary/aromatic N) is 1. The number of carbonyl (C=O) groups is 1. The Hall–Kier alpha value is -0.440. The van der Waals surface area contributed by atoms with E-state index in [0.717, 1.165) is 23.6 Å². The molecular weight excluding hydrogens is 134 g/mol. The van der Waals surface area contributed by atoms with Crippen LogP contribution in [-0.2, 0) is 4.79 Å². The molecule has 0 amide bonds. The maximum Gasteiger partial charge on any atom is 0.145 e. The van der Waals surface area contributed by atoms with Crippen LogP contribution >= 0.6 is 11.8 Å². The molecule has 9 heavy (non-hydrogen) atoms. The number of rotatable bonds is 1. The van der Waals surface area contributed by atoms with Crippen molar-refractivity contribution in [3.05, 3.63) is 11.1 Å². The Morgan fingerprint density at radius 2 is 2.56 bits per heavy atom. The van der Waals surface area contributed by atoms with Crippen LogP contribution in [0.4, 0.5) is 0 Å².